The minimum Gasteiger partial charge on any atom is -0.325 e. The molecular formula is C13H30N2. The van der Waals surface area contributed by atoms with Crippen molar-refractivity contribution in [3.63, 3.8) is 0 Å². The lowest BCUT2D eigenvalue weighted by atomic mass is 9.74. The van der Waals surface area contributed by atoms with Crippen molar-refractivity contribution in [2.75, 3.05) is 13.6 Å². The van der Waals surface area contributed by atoms with E-state index in [1.165, 1.54) is 0 Å². The predicted octanol–water partition coefficient (Wildman–Crippen LogP) is 2.87. The average molecular weight is 214 g/mol. The molecule has 92 valence electrons. The highest BCUT2D eigenvalue weighted by Crippen LogP contribution is 2.31. The fraction of sp³-hybridized carbons (Fsp3) is 1.00. The van der Waals surface area contributed by atoms with E-state index in [0.29, 0.717) is 0 Å². The number of hydrogen-bond acceptors (Lipinski definition) is 2. The normalized spacial score (nSPS) is 14.8. The standard InChI is InChI=1S/C13H30N2/c1-9-12(4,5)15(8)10-11(2,3)13(6,7)14/h9-10,14H2,1-8H3. The highest BCUT2D eigenvalue weighted by atomic mass is 15.2. The molecule has 0 atom stereocenters. The van der Waals surface area contributed by atoms with Gasteiger partial charge in [-0.15, -0.1) is 0 Å². The van der Waals surface area contributed by atoms with Crippen LogP contribution in [0.4, 0.5) is 0 Å². The lowest BCUT2D eigenvalue weighted by Crippen LogP contribution is -2.55. The number of rotatable bonds is 5. The van der Waals surface area contributed by atoms with Crippen molar-refractivity contribution in [2.24, 2.45) is 11.1 Å². The fourth-order valence-corrected chi connectivity index (χ4v) is 1.28. The van der Waals surface area contributed by atoms with Crippen LogP contribution in [0.2, 0.25) is 0 Å². The predicted molar refractivity (Wildman–Crippen MR) is 69.0 cm³/mol. The van der Waals surface area contributed by atoms with E-state index in [-0.39, 0.29) is 16.5 Å². The summed E-state index contributed by atoms with van der Waals surface area (Å²) < 4.78 is 0. The molecule has 0 saturated carbocycles. The van der Waals surface area contributed by atoms with Crippen LogP contribution in [0.3, 0.4) is 0 Å². The average Bonchev–Trinajstić information content (AvgIpc) is 2.01. The molecule has 15 heavy (non-hydrogen) atoms. The second kappa shape index (κ2) is 4.42. The molecule has 0 bridgehead atoms. The van der Waals surface area contributed by atoms with Crippen LogP contribution in [-0.4, -0.2) is 29.6 Å². The highest BCUT2D eigenvalue weighted by molar-refractivity contribution is 4.94. The quantitative estimate of drug-likeness (QED) is 0.762. The summed E-state index contributed by atoms with van der Waals surface area (Å²) in [6.45, 7) is 16.5. The first-order chi connectivity index (χ1) is 6.44. The zero-order chi connectivity index (χ0) is 12.5. The molecule has 0 heterocycles. The maximum Gasteiger partial charge on any atom is 0.0161 e. The Bertz CT molecular complexity index is 199. The Labute approximate surface area is 96.2 Å². The molecule has 2 heteroatoms. The maximum absolute atomic E-state index is 6.22. The second-order valence-corrected chi connectivity index (χ2v) is 6.63. The van der Waals surface area contributed by atoms with Crippen molar-refractivity contribution < 1.29 is 0 Å². The van der Waals surface area contributed by atoms with Gasteiger partial charge in [-0.2, -0.15) is 0 Å². The van der Waals surface area contributed by atoms with Crippen molar-refractivity contribution in [2.45, 2.75) is 66.0 Å². The van der Waals surface area contributed by atoms with Gasteiger partial charge in [-0.1, -0.05) is 20.8 Å². The smallest absolute Gasteiger partial charge is 0.0161 e. The Balaban J connectivity index is 4.61. The van der Waals surface area contributed by atoms with Gasteiger partial charge in [-0.3, -0.25) is 0 Å². The van der Waals surface area contributed by atoms with E-state index in [1.54, 1.807) is 0 Å². The van der Waals surface area contributed by atoms with Gasteiger partial charge < -0.3 is 10.6 Å². The van der Waals surface area contributed by atoms with Gasteiger partial charge in [0.25, 0.3) is 0 Å². The fourth-order valence-electron chi connectivity index (χ4n) is 1.28. The van der Waals surface area contributed by atoms with Crippen LogP contribution >= 0.6 is 0 Å². The molecule has 2 N–H and O–H groups in total. The topological polar surface area (TPSA) is 29.3 Å². The van der Waals surface area contributed by atoms with E-state index in [0.717, 1.165) is 13.0 Å². The monoisotopic (exact) mass is 214 g/mol. The van der Waals surface area contributed by atoms with E-state index in [2.05, 4.69) is 60.4 Å². The van der Waals surface area contributed by atoms with Gasteiger partial charge in [-0.05, 0) is 46.6 Å². The summed E-state index contributed by atoms with van der Waals surface area (Å²) in [6, 6.07) is 0. The van der Waals surface area contributed by atoms with Crippen LogP contribution in [0.1, 0.15) is 54.9 Å². The molecule has 0 aromatic carbocycles. The van der Waals surface area contributed by atoms with Crippen molar-refractivity contribution in [3.8, 4) is 0 Å². The third-order valence-corrected chi connectivity index (χ3v) is 4.28. The van der Waals surface area contributed by atoms with Crippen LogP contribution in [0.25, 0.3) is 0 Å². The molecule has 0 saturated heterocycles. The molecule has 0 radical (unpaired) electrons. The summed E-state index contributed by atoms with van der Waals surface area (Å²) >= 11 is 0. The highest BCUT2D eigenvalue weighted by Gasteiger charge is 2.36. The minimum atomic E-state index is -0.148. The van der Waals surface area contributed by atoms with Gasteiger partial charge >= 0.3 is 0 Å². The van der Waals surface area contributed by atoms with E-state index in [9.17, 15) is 0 Å². The van der Waals surface area contributed by atoms with Crippen molar-refractivity contribution >= 4 is 0 Å². The molecule has 0 spiro atoms. The van der Waals surface area contributed by atoms with Crippen molar-refractivity contribution in [3.05, 3.63) is 0 Å². The minimum absolute atomic E-state index is 0.119. The number of nitrogens with zero attached hydrogens (tertiary/aromatic N) is 1. The number of hydrogen-bond donors (Lipinski definition) is 1. The van der Waals surface area contributed by atoms with Gasteiger partial charge in [0.1, 0.15) is 0 Å². The summed E-state index contributed by atoms with van der Waals surface area (Å²) in [5.41, 5.74) is 6.44. The Kier molecular flexibility index (Phi) is 4.40. The molecule has 2 nitrogen and oxygen atoms in total. The zero-order valence-corrected chi connectivity index (χ0v) is 11.9. The Morgan fingerprint density at radius 1 is 1.00 bits per heavy atom. The molecule has 0 unspecified atom stereocenters. The van der Waals surface area contributed by atoms with Crippen molar-refractivity contribution in [1.29, 1.82) is 0 Å². The number of nitrogens with two attached hydrogens (primary N) is 1. The zero-order valence-electron chi connectivity index (χ0n) is 11.9. The van der Waals surface area contributed by atoms with E-state index < -0.39 is 0 Å². The van der Waals surface area contributed by atoms with Crippen molar-refractivity contribution in [1.82, 2.24) is 4.90 Å². The van der Waals surface area contributed by atoms with Crippen LogP contribution in [0.5, 0.6) is 0 Å². The van der Waals surface area contributed by atoms with Crippen LogP contribution in [0, 0.1) is 5.41 Å². The lowest BCUT2D eigenvalue weighted by molar-refractivity contribution is 0.0631. The second-order valence-electron chi connectivity index (χ2n) is 6.63. The first-order valence-electron chi connectivity index (χ1n) is 5.94. The summed E-state index contributed by atoms with van der Waals surface area (Å²) in [6.07, 6.45) is 1.16. The van der Waals surface area contributed by atoms with Gasteiger partial charge in [0, 0.05) is 17.6 Å². The summed E-state index contributed by atoms with van der Waals surface area (Å²) in [5, 5.41) is 0. The van der Waals surface area contributed by atoms with Crippen LogP contribution in [0.15, 0.2) is 0 Å². The Hall–Kier alpha value is -0.0800. The third kappa shape index (κ3) is 3.76. The maximum atomic E-state index is 6.22. The molecule has 0 amide bonds. The largest absolute Gasteiger partial charge is 0.325 e. The molecule has 0 aliphatic heterocycles. The van der Waals surface area contributed by atoms with Crippen LogP contribution in [-0.2, 0) is 0 Å². The molecule has 0 aliphatic rings. The SMILES string of the molecule is CCC(C)(C)N(C)CC(C)(C)C(C)(C)N. The lowest BCUT2D eigenvalue weighted by Gasteiger charge is -2.45. The van der Waals surface area contributed by atoms with Crippen LogP contribution < -0.4 is 5.73 Å². The summed E-state index contributed by atoms with van der Waals surface area (Å²) in [7, 11) is 2.19. The summed E-state index contributed by atoms with van der Waals surface area (Å²) in [4.78, 5) is 2.42. The molecule has 0 fully saturated rings. The van der Waals surface area contributed by atoms with E-state index >= 15 is 0 Å². The van der Waals surface area contributed by atoms with Gasteiger partial charge in [-0.25, -0.2) is 0 Å². The van der Waals surface area contributed by atoms with E-state index in [1.807, 2.05) is 0 Å². The Morgan fingerprint density at radius 2 is 1.40 bits per heavy atom. The molecule has 0 aromatic rings. The van der Waals surface area contributed by atoms with Gasteiger partial charge in [0.2, 0.25) is 0 Å². The first-order valence-corrected chi connectivity index (χ1v) is 5.94. The molecule has 0 aromatic heterocycles. The van der Waals surface area contributed by atoms with Gasteiger partial charge in [0.15, 0.2) is 0 Å². The molecular weight excluding hydrogens is 184 g/mol. The summed E-state index contributed by atoms with van der Waals surface area (Å²) in [5.74, 6) is 0. The van der Waals surface area contributed by atoms with E-state index in [4.69, 9.17) is 5.73 Å². The first kappa shape index (κ1) is 14.9. The molecule has 0 rings (SSSR count). The van der Waals surface area contributed by atoms with Gasteiger partial charge in [0.05, 0.1) is 0 Å². The third-order valence-electron chi connectivity index (χ3n) is 4.28. The Morgan fingerprint density at radius 3 is 1.67 bits per heavy atom. The molecule has 0 aliphatic carbocycles.